The summed E-state index contributed by atoms with van der Waals surface area (Å²) in [5.41, 5.74) is 3.83. The van der Waals surface area contributed by atoms with Gasteiger partial charge in [-0.25, -0.2) is 0 Å². The second-order valence-electron chi connectivity index (χ2n) is 9.53. The average Bonchev–Trinajstić information content (AvgIpc) is 3.65. The zero-order valence-electron chi connectivity index (χ0n) is 20.7. The monoisotopic (exact) mass is 494 g/mol. The molecule has 0 spiro atoms. The van der Waals surface area contributed by atoms with Gasteiger partial charge < -0.3 is 23.8 Å². The predicted octanol–water partition coefficient (Wildman–Crippen LogP) is 4.95. The quantitative estimate of drug-likeness (QED) is 0.347. The summed E-state index contributed by atoms with van der Waals surface area (Å²) in [4.78, 5) is 21.7. The zero-order chi connectivity index (χ0) is 25.0. The van der Waals surface area contributed by atoms with E-state index in [1.165, 1.54) is 0 Å². The number of ether oxygens (including phenoxy) is 2. The number of carbonyl (C=O) groups is 1. The van der Waals surface area contributed by atoms with Gasteiger partial charge in [0.25, 0.3) is 5.91 Å². The number of hydrogen-bond donors (Lipinski definition) is 0. The standard InChI is InChI=1S/C30H30N4O3/c35-30(33-17-3-4-18-33)27-8-5-9-28(29(27)32-15-1-2-16-32)34-20-26(21-34)37-24-12-10-23(11-13-24)22-36-25-7-6-14-31-19-25/h1-2,5-16,19,26H,3-4,17-18,20-22H2. The first-order valence-electron chi connectivity index (χ1n) is 12.8. The lowest BCUT2D eigenvalue weighted by molar-refractivity contribution is 0.0793. The molecule has 188 valence electrons. The van der Waals surface area contributed by atoms with Crippen molar-refractivity contribution in [3.63, 3.8) is 0 Å². The molecule has 1 amide bonds. The first-order chi connectivity index (χ1) is 18.2. The predicted molar refractivity (Wildman–Crippen MR) is 143 cm³/mol. The minimum Gasteiger partial charge on any atom is -0.487 e. The fraction of sp³-hybridized carbons (Fsp3) is 0.267. The molecule has 6 rings (SSSR count). The van der Waals surface area contributed by atoms with Crippen LogP contribution in [0, 0.1) is 0 Å². The zero-order valence-corrected chi connectivity index (χ0v) is 20.7. The van der Waals surface area contributed by atoms with Crippen molar-refractivity contribution in [2.45, 2.75) is 25.6 Å². The molecule has 0 bridgehead atoms. The number of benzene rings is 2. The summed E-state index contributed by atoms with van der Waals surface area (Å²) in [6.07, 6.45) is 9.70. The van der Waals surface area contributed by atoms with Gasteiger partial charge in [-0.2, -0.15) is 0 Å². The minimum atomic E-state index is 0.0907. The normalized spacial score (nSPS) is 15.5. The first kappa shape index (κ1) is 23.2. The second kappa shape index (κ2) is 10.4. The van der Waals surface area contributed by atoms with Crippen molar-refractivity contribution in [1.82, 2.24) is 14.5 Å². The van der Waals surface area contributed by atoms with Gasteiger partial charge in [-0.15, -0.1) is 0 Å². The van der Waals surface area contributed by atoms with Gasteiger partial charge in [0.15, 0.2) is 0 Å². The number of aromatic nitrogens is 2. The summed E-state index contributed by atoms with van der Waals surface area (Å²) >= 11 is 0. The number of amides is 1. The molecule has 0 aliphatic carbocycles. The van der Waals surface area contributed by atoms with Crippen molar-refractivity contribution in [3.8, 4) is 17.2 Å². The fourth-order valence-electron chi connectivity index (χ4n) is 4.97. The largest absolute Gasteiger partial charge is 0.487 e. The molecular formula is C30H30N4O3. The van der Waals surface area contributed by atoms with Crippen molar-refractivity contribution in [2.24, 2.45) is 0 Å². The fourth-order valence-corrected chi connectivity index (χ4v) is 4.97. The van der Waals surface area contributed by atoms with Crippen LogP contribution in [0.4, 0.5) is 5.69 Å². The van der Waals surface area contributed by atoms with Crippen molar-refractivity contribution in [3.05, 3.63) is 103 Å². The summed E-state index contributed by atoms with van der Waals surface area (Å²) < 4.78 is 14.1. The molecule has 0 atom stereocenters. The Morgan fingerprint density at radius 2 is 1.68 bits per heavy atom. The Balaban J connectivity index is 1.11. The maximum atomic E-state index is 13.4. The van der Waals surface area contributed by atoms with Gasteiger partial charge in [0.05, 0.1) is 36.2 Å². The van der Waals surface area contributed by atoms with Crippen LogP contribution in [-0.2, 0) is 6.61 Å². The van der Waals surface area contributed by atoms with E-state index in [-0.39, 0.29) is 12.0 Å². The highest BCUT2D eigenvalue weighted by molar-refractivity contribution is 6.00. The van der Waals surface area contributed by atoms with Gasteiger partial charge in [0.2, 0.25) is 0 Å². The highest BCUT2D eigenvalue weighted by Gasteiger charge is 2.32. The third kappa shape index (κ3) is 5.03. The Labute approximate surface area is 216 Å². The first-order valence-corrected chi connectivity index (χ1v) is 12.8. The van der Waals surface area contributed by atoms with E-state index in [2.05, 4.69) is 20.5 Å². The number of para-hydroxylation sites is 1. The molecule has 0 radical (unpaired) electrons. The molecule has 7 heteroatoms. The van der Waals surface area contributed by atoms with Crippen LogP contribution in [0.15, 0.2) is 91.5 Å². The Morgan fingerprint density at radius 1 is 0.892 bits per heavy atom. The molecule has 2 fully saturated rings. The molecule has 0 saturated carbocycles. The molecule has 7 nitrogen and oxygen atoms in total. The van der Waals surface area contributed by atoms with E-state index < -0.39 is 0 Å². The number of anilines is 1. The lowest BCUT2D eigenvalue weighted by atomic mass is 10.0. The number of likely N-dealkylation sites (tertiary alicyclic amines) is 1. The van der Waals surface area contributed by atoms with E-state index in [4.69, 9.17) is 9.47 Å². The van der Waals surface area contributed by atoms with Crippen LogP contribution < -0.4 is 14.4 Å². The number of rotatable bonds is 8. The number of carbonyl (C=O) groups excluding carboxylic acids is 1. The van der Waals surface area contributed by atoms with Crippen molar-refractivity contribution < 1.29 is 14.3 Å². The van der Waals surface area contributed by atoms with Crippen LogP contribution in [0.1, 0.15) is 28.8 Å². The van der Waals surface area contributed by atoms with Crippen LogP contribution in [-0.4, -0.2) is 52.6 Å². The van der Waals surface area contributed by atoms with Crippen molar-refractivity contribution in [2.75, 3.05) is 31.1 Å². The molecule has 0 N–H and O–H groups in total. The molecule has 2 aromatic carbocycles. The number of nitrogens with zero attached hydrogens (tertiary/aromatic N) is 4. The molecule has 37 heavy (non-hydrogen) atoms. The smallest absolute Gasteiger partial charge is 0.256 e. The molecular weight excluding hydrogens is 464 g/mol. The minimum absolute atomic E-state index is 0.0907. The molecule has 2 aromatic heterocycles. The third-order valence-corrected chi connectivity index (χ3v) is 6.96. The van der Waals surface area contributed by atoms with E-state index in [1.807, 2.05) is 78.0 Å². The average molecular weight is 495 g/mol. The van der Waals surface area contributed by atoms with Crippen molar-refractivity contribution >= 4 is 11.6 Å². The maximum Gasteiger partial charge on any atom is 0.256 e. The molecule has 4 heterocycles. The van der Waals surface area contributed by atoms with Crippen LogP contribution in [0.2, 0.25) is 0 Å². The highest BCUT2D eigenvalue weighted by Crippen LogP contribution is 2.33. The summed E-state index contributed by atoms with van der Waals surface area (Å²) in [5.74, 6) is 1.71. The summed E-state index contributed by atoms with van der Waals surface area (Å²) in [6.45, 7) is 3.69. The van der Waals surface area contributed by atoms with Crippen LogP contribution in [0.25, 0.3) is 5.69 Å². The number of pyridine rings is 1. The van der Waals surface area contributed by atoms with E-state index >= 15 is 0 Å². The second-order valence-corrected chi connectivity index (χ2v) is 9.53. The number of hydrogen-bond acceptors (Lipinski definition) is 5. The van der Waals surface area contributed by atoms with Gasteiger partial charge in [0, 0.05) is 31.7 Å². The lowest BCUT2D eigenvalue weighted by Crippen LogP contribution is -2.54. The van der Waals surface area contributed by atoms with Gasteiger partial charge in [-0.3, -0.25) is 9.78 Å². The van der Waals surface area contributed by atoms with E-state index in [1.54, 1.807) is 12.4 Å². The van der Waals surface area contributed by atoms with Crippen LogP contribution >= 0.6 is 0 Å². The van der Waals surface area contributed by atoms with Crippen LogP contribution in [0.5, 0.6) is 11.5 Å². The van der Waals surface area contributed by atoms with Gasteiger partial charge >= 0.3 is 0 Å². The van der Waals surface area contributed by atoms with E-state index in [9.17, 15) is 4.79 Å². The summed E-state index contributed by atoms with van der Waals surface area (Å²) in [7, 11) is 0. The molecule has 0 unspecified atom stereocenters. The Morgan fingerprint density at radius 3 is 2.41 bits per heavy atom. The summed E-state index contributed by atoms with van der Waals surface area (Å²) in [5, 5.41) is 0. The van der Waals surface area contributed by atoms with E-state index in [0.717, 1.165) is 73.0 Å². The van der Waals surface area contributed by atoms with Gasteiger partial charge in [-0.05, 0) is 66.9 Å². The van der Waals surface area contributed by atoms with Gasteiger partial charge in [0.1, 0.15) is 24.2 Å². The molecule has 2 aliphatic rings. The van der Waals surface area contributed by atoms with Crippen molar-refractivity contribution in [1.29, 1.82) is 0 Å². The molecule has 2 saturated heterocycles. The Bertz CT molecular complexity index is 1330. The van der Waals surface area contributed by atoms with E-state index in [0.29, 0.717) is 6.61 Å². The topological polar surface area (TPSA) is 59.8 Å². The molecule has 4 aromatic rings. The summed E-state index contributed by atoms with van der Waals surface area (Å²) in [6, 6.07) is 21.8. The highest BCUT2D eigenvalue weighted by atomic mass is 16.5. The third-order valence-electron chi connectivity index (χ3n) is 6.96. The van der Waals surface area contributed by atoms with Crippen LogP contribution in [0.3, 0.4) is 0 Å². The Hall–Kier alpha value is -4.26. The maximum absolute atomic E-state index is 13.4. The lowest BCUT2D eigenvalue weighted by Gasteiger charge is -2.42. The molecule has 2 aliphatic heterocycles. The van der Waals surface area contributed by atoms with Gasteiger partial charge in [-0.1, -0.05) is 18.2 Å². The Kier molecular flexibility index (Phi) is 6.50. The SMILES string of the molecule is O=C(c1cccc(N2CC(Oc3ccc(COc4cccnc4)cc3)C2)c1-n1cccc1)N1CCCC1.